The molecule has 4 aliphatic rings. The second-order valence-corrected chi connectivity index (χ2v) is 18.1. The van der Waals surface area contributed by atoms with Crippen LogP contribution in [0.4, 0.5) is 0 Å². The molecule has 3 saturated heterocycles. The smallest absolute Gasteiger partial charge is 0.191 e. The summed E-state index contributed by atoms with van der Waals surface area (Å²) in [5.41, 5.74) is 0. The molecular formula is C20H38O4Si2. The van der Waals surface area contributed by atoms with Crippen LogP contribution in [0.5, 0.6) is 0 Å². The molecule has 26 heavy (non-hydrogen) atoms. The molecule has 0 aromatic heterocycles. The van der Waals surface area contributed by atoms with Crippen molar-refractivity contribution in [3.63, 3.8) is 0 Å². The van der Waals surface area contributed by atoms with E-state index in [1.165, 1.54) is 69.1 Å². The first kappa shape index (κ1) is 19.6. The summed E-state index contributed by atoms with van der Waals surface area (Å²) in [7, 11) is -3.13. The van der Waals surface area contributed by atoms with E-state index in [0.29, 0.717) is 18.3 Å². The van der Waals surface area contributed by atoms with E-state index in [1.807, 2.05) is 0 Å². The van der Waals surface area contributed by atoms with E-state index in [4.69, 9.17) is 18.3 Å². The average Bonchev–Trinajstić information content (AvgIpc) is 3.50. The van der Waals surface area contributed by atoms with Gasteiger partial charge in [-0.15, -0.1) is 0 Å². The Kier molecular flexibility index (Phi) is 6.28. The zero-order valence-electron chi connectivity index (χ0n) is 16.8. The molecule has 0 aromatic carbocycles. The summed E-state index contributed by atoms with van der Waals surface area (Å²) >= 11 is 0. The lowest BCUT2D eigenvalue weighted by Crippen LogP contribution is -2.45. The summed E-state index contributed by atoms with van der Waals surface area (Å²) in [6.45, 7) is 7.79. The van der Waals surface area contributed by atoms with Crippen molar-refractivity contribution in [3.8, 4) is 0 Å². The number of hydrogen-bond acceptors (Lipinski definition) is 4. The van der Waals surface area contributed by atoms with E-state index in [1.54, 1.807) is 0 Å². The van der Waals surface area contributed by atoms with Gasteiger partial charge in [-0.2, -0.15) is 0 Å². The largest absolute Gasteiger partial charge is 0.417 e. The zero-order chi connectivity index (χ0) is 18.0. The number of ether oxygens (including phenoxy) is 2. The van der Waals surface area contributed by atoms with Gasteiger partial charge in [0.2, 0.25) is 0 Å². The minimum absolute atomic E-state index is 0.583. The van der Waals surface area contributed by atoms with Crippen LogP contribution in [0, 0.1) is 5.92 Å². The number of epoxide rings is 2. The second-order valence-electron chi connectivity index (χ2n) is 9.73. The normalized spacial score (nSPS) is 45.5. The highest BCUT2D eigenvalue weighted by atomic mass is 28.4. The molecule has 150 valence electrons. The molecule has 6 atom stereocenters. The fourth-order valence-electron chi connectivity index (χ4n) is 4.93. The lowest BCUT2D eigenvalue weighted by molar-refractivity contribution is 0.252. The van der Waals surface area contributed by atoms with E-state index >= 15 is 0 Å². The molecule has 0 spiro atoms. The maximum Gasteiger partial charge on any atom is 0.191 e. The summed E-state index contributed by atoms with van der Waals surface area (Å²) in [5, 5.41) is 0. The summed E-state index contributed by atoms with van der Waals surface area (Å²) in [6, 6.07) is 5.00. The fourth-order valence-corrected chi connectivity index (χ4v) is 10.7. The van der Waals surface area contributed by atoms with Crippen molar-refractivity contribution in [1.29, 1.82) is 0 Å². The highest BCUT2D eigenvalue weighted by Crippen LogP contribution is 2.42. The Bertz CT molecular complexity index is 461. The predicted molar refractivity (Wildman–Crippen MR) is 109 cm³/mol. The van der Waals surface area contributed by atoms with Gasteiger partial charge in [-0.25, -0.2) is 0 Å². The summed E-state index contributed by atoms with van der Waals surface area (Å²) < 4.78 is 24.2. The lowest BCUT2D eigenvalue weighted by Gasteiger charge is -2.37. The molecule has 3 aliphatic heterocycles. The van der Waals surface area contributed by atoms with Crippen LogP contribution in [-0.4, -0.2) is 54.8 Å². The van der Waals surface area contributed by atoms with Crippen LogP contribution >= 0.6 is 0 Å². The van der Waals surface area contributed by atoms with Gasteiger partial charge in [0.15, 0.2) is 16.6 Å². The standard InChI is InChI=1S/C20H38O4Si2/c1-25(11-4-3-5-18-16-21-18)13-9-23-26(2,14-10-22-25)12-8-17-6-7-19-20(15-17)24-19/h17-20H,3-16H2,1-2H3. The zero-order valence-corrected chi connectivity index (χ0v) is 18.8. The Labute approximate surface area is 161 Å². The second kappa shape index (κ2) is 8.33. The van der Waals surface area contributed by atoms with Crippen LogP contribution in [-0.2, 0) is 18.3 Å². The van der Waals surface area contributed by atoms with Crippen molar-refractivity contribution in [2.75, 3.05) is 19.8 Å². The van der Waals surface area contributed by atoms with Crippen molar-refractivity contribution < 1.29 is 18.3 Å². The molecule has 6 heteroatoms. The van der Waals surface area contributed by atoms with Crippen molar-refractivity contribution in [3.05, 3.63) is 0 Å². The minimum Gasteiger partial charge on any atom is -0.417 e. The van der Waals surface area contributed by atoms with Crippen LogP contribution in [0.3, 0.4) is 0 Å². The van der Waals surface area contributed by atoms with E-state index in [2.05, 4.69) is 13.1 Å². The van der Waals surface area contributed by atoms with E-state index in [9.17, 15) is 0 Å². The molecule has 1 aliphatic carbocycles. The first-order valence-electron chi connectivity index (χ1n) is 11.1. The molecule has 4 rings (SSSR count). The van der Waals surface area contributed by atoms with Gasteiger partial charge in [0, 0.05) is 13.2 Å². The van der Waals surface area contributed by atoms with Crippen LogP contribution in [0.2, 0.25) is 37.3 Å². The summed E-state index contributed by atoms with van der Waals surface area (Å²) in [4.78, 5) is 0. The third-order valence-corrected chi connectivity index (χ3v) is 14.3. The van der Waals surface area contributed by atoms with Crippen molar-refractivity contribution in [2.45, 2.75) is 101 Å². The molecule has 0 aromatic rings. The van der Waals surface area contributed by atoms with Crippen LogP contribution in [0.1, 0.15) is 44.9 Å². The highest BCUT2D eigenvalue weighted by molar-refractivity contribution is 6.74. The Hall–Kier alpha value is 0.274. The molecule has 0 radical (unpaired) electrons. The molecule has 4 nitrogen and oxygen atoms in total. The molecule has 6 unspecified atom stereocenters. The fraction of sp³-hybridized carbons (Fsp3) is 1.00. The molecule has 0 bridgehead atoms. The van der Waals surface area contributed by atoms with Crippen LogP contribution in [0.25, 0.3) is 0 Å². The third kappa shape index (κ3) is 5.64. The van der Waals surface area contributed by atoms with E-state index in [-0.39, 0.29) is 0 Å². The summed E-state index contributed by atoms with van der Waals surface area (Å²) in [5.74, 6) is 0.883. The minimum atomic E-state index is -1.58. The molecule has 0 N–H and O–H groups in total. The van der Waals surface area contributed by atoms with Gasteiger partial charge in [0.25, 0.3) is 0 Å². The molecule has 3 heterocycles. The topological polar surface area (TPSA) is 43.5 Å². The van der Waals surface area contributed by atoms with Crippen LogP contribution in [0.15, 0.2) is 0 Å². The van der Waals surface area contributed by atoms with Crippen molar-refractivity contribution in [2.24, 2.45) is 5.92 Å². The van der Waals surface area contributed by atoms with Crippen LogP contribution < -0.4 is 0 Å². The van der Waals surface area contributed by atoms with E-state index < -0.39 is 16.6 Å². The Balaban J connectivity index is 1.16. The quantitative estimate of drug-likeness (QED) is 0.337. The molecule has 0 amide bonds. The molecule has 4 fully saturated rings. The van der Waals surface area contributed by atoms with Gasteiger partial charge in [-0.05, 0) is 68.9 Å². The van der Waals surface area contributed by atoms with Crippen molar-refractivity contribution >= 4 is 16.6 Å². The van der Waals surface area contributed by atoms with Crippen molar-refractivity contribution in [1.82, 2.24) is 0 Å². The average molecular weight is 399 g/mol. The number of rotatable bonds is 8. The maximum atomic E-state index is 6.59. The molecule has 1 saturated carbocycles. The first-order chi connectivity index (χ1) is 12.5. The Morgan fingerprint density at radius 3 is 2.27 bits per heavy atom. The monoisotopic (exact) mass is 398 g/mol. The van der Waals surface area contributed by atoms with Gasteiger partial charge in [0.05, 0.1) is 24.9 Å². The van der Waals surface area contributed by atoms with E-state index in [0.717, 1.165) is 25.7 Å². The Morgan fingerprint density at radius 2 is 1.58 bits per heavy atom. The van der Waals surface area contributed by atoms with Gasteiger partial charge in [0.1, 0.15) is 0 Å². The lowest BCUT2D eigenvalue weighted by atomic mass is 9.88. The van der Waals surface area contributed by atoms with Gasteiger partial charge >= 0.3 is 0 Å². The highest BCUT2D eigenvalue weighted by Gasteiger charge is 2.44. The number of unbranched alkanes of at least 4 members (excludes halogenated alkanes) is 1. The third-order valence-electron chi connectivity index (χ3n) is 7.24. The first-order valence-corrected chi connectivity index (χ1v) is 16.7. The molecular weight excluding hydrogens is 360 g/mol. The SMILES string of the molecule is C[Si]1(CCCCC2CO2)CCO[Si](C)(CCC2CCC3OC3C2)CCO1. The maximum absolute atomic E-state index is 6.59. The van der Waals surface area contributed by atoms with Gasteiger partial charge in [-0.3, -0.25) is 0 Å². The van der Waals surface area contributed by atoms with Gasteiger partial charge < -0.3 is 18.3 Å². The summed E-state index contributed by atoms with van der Waals surface area (Å²) in [6.07, 6.45) is 11.0. The number of hydrogen-bond donors (Lipinski definition) is 0. The predicted octanol–water partition coefficient (Wildman–Crippen LogP) is 4.71. The number of fused-ring (bicyclic) bond motifs is 1. The Morgan fingerprint density at radius 1 is 0.846 bits per heavy atom. The van der Waals surface area contributed by atoms with Gasteiger partial charge in [-0.1, -0.05) is 19.3 Å².